The molecule has 0 aliphatic carbocycles. The molecule has 0 aliphatic heterocycles. The highest BCUT2D eigenvalue weighted by molar-refractivity contribution is 5.82. The number of aryl methyl sites for hydroxylation is 1. The Morgan fingerprint density at radius 2 is 1.95 bits per heavy atom. The largest absolute Gasteiger partial charge is 0.459 e. The zero-order chi connectivity index (χ0) is 13.9. The molecule has 0 bridgehead atoms. The van der Waals surface area contributed by atoms with Crippen molar-refractivity contribution in [2.45, 2.75) is 26.4 Å². The van der Waals surface area contributed by atoms with E-state index in [1.54, 1.807) is 0 Å². The summed E-state index contributed by atoms with van der Waals surface area (Å²) in [6.45, 7) is 4.96. The van der Waals surface area contributed by atoms with Crippen LogP contribution >= 0.6 is 0 Å². The number of rotatable bonds is 4. The number of hydrogen-bond donors (Lipinski definition) is 1. The maximum absolute atomic E-state index is 5.97. The third-order valence-corrected chi connectivity index (χ3v) is 3.59. The minimum atomic E-state index is 0.157. The first kappa shape index (κ1) is 12.9. The Hall–Kier alpha value is -2.13. The van der Waals surface area contributed by atoms with Crippen LogP contribution in [0.2, 0.25) is 0 Å². The maximum Gasteiger partial charge on any atom is 0.134 e. The molecule has 102 valence electrons. The van der Waals surface area contributed by atoms with Crippen molar-refractivity contribution in [3.05, 3.63) is 65.7 Å². The van der Waals surface area contributed by atoms with Crippen LogP contribution in [0.25, 0.3) is 11.0 Å². The van der Waals surface area contributed by atoms with Crippen molar-refractivity contribution < 1.29 is 4.42 Å². The summed E-state index contributed by atoms with van der Waals surface area (Å²) >= 11 is 0. The molecule has 0 saturated heterocycles. The summed E-state index contributed by atoms with van der Waals surface area (Å²) in [5.74, 6) is 1.00. The second-order valence-electron chi connectivity index (χ2n) is 5.01. The Morgan fingerprint density at radius 3 is 2.70 bits per heavy atom. The number of hydrogen-bond acceptors (Lipinski definition) is 3. The van der Waals surface area contributed by atoms with Crippen molar-refractivity contribution in [3.63, 3.8) is 0 Å². The highest BCUT2D eigenvalue weighted by Gasteiger charge is 2.15. The molecule has 0 aliphatic rings. The fraction of sp³-hybridized carbons (Fsp3) is 0.235. The van der Waals surface area contributed by atoms with Crippen molar-refractivity contribution in [1.82, 2.24) is 10.3 Å². The van der Waals surface area contributed by atoms with E-state index >= 15 is 0 Å². The topological polar surface area (TPSA) is 38.1 Å². The number of benzene rings is 1. The van der Waals surface area contributed by atoms with Gasteiger partial charge in [0, 0.05) is 18.1 Å². The lowest BCUT2D eigenvalue weighted by atomic mass is 10.1. The van der Waals surface area contributed by atoms with Crippen molar-refractivity contribution in [2.24, 2.45) is 0 Å². The summed E-state index contributed by atoms with van der Waals surface area (Å²) in [5, 5.41) is 4.65. The number of nitrogens with zero attached hydrogens (tertiary/aromatic N) is 1. The van der Waals surface area contributed by atoms with Gasteiger partial charge in [0.2, 0.25) is 0 Å². The van der Waals surface area contributed by atoms with Crippen LogP contribution < -0.4 is 5.32 Å². The van der Waals surface area contributed by atoms with Gasteiger partial charge in [0.25, 0.3) is 0 Å². The molecule has 1 atom stereocenters. The molecule has 0 radical (unpaired) electrons. The summed E-state index contributed by atoms with van der Waals surface area (Å²) in [6, 6.07) is 14.3. The molecule has 3 aromatic rings. The number of aromatic nitrogens is 1. The SMILES string of the molecule is Cc1c(C(C)NCc2ccccn2)oc2ccccc12. The normalized spacial score (nSPS) is 12.7. The second kappa shape index (κ2) is 5.47. The van der Waals surface area contributed by atoms with Gasteiger partial charge in [-0.3, -0.25) is 4.98 Å². The predicted molar refractivity (Wildman–Crippen MR) is 80.4 cm³/mol. The van der Waals surface area contributed by atoms with Gasteiger partial charge in [-0.15, -0.1) is 0 Å². The van der Waals surface area contributed by atoms with E-state index in [1.807, 2.05) is 42.6 Å². The second-order valence-corrected chi connectivity index (χ2v) is 5.01. The van der Waals surface area contributed by atoms with Crippen LogP contribution in [0.5, 0.6) is 0 Å². The molecule has 0 fully saturated rings. The monoisotopic (exact) mass is 266 g/mol. The van der Waals surface area contributed by atoms with E-state index in [2.05, 4.69) is 30.2 Å². The van der Waals surface area contributed by atoms with E-state index in [-0.39, 0.29) is 6.04 Å². The molecular weight excluding hydrogens is 248 g/mol. The molecule has 3 heteroatoms. The van der Waals surface area contributed by atoms with Crippen molar-refractivity contribution in [1.29, 1.82) is 0 Å². The zero-order valence-electron chi connectivity index (χ0n) is 11.8. The molecule has 20 heavy (non-hydrogen) atoms. The fourth-order valence-electron chi connectivity index (χ4n) is 2.46. The highest BCUT2D eigenvalue weighted by atomic mass is 16.3. The molecule has 2 aromatic heterocycles. The van der Waals surface area contributed by atoms with E-state index in [0.717, 1.165) is 23.6 Å². The maximum atomic E-state index is 5.97. The van der Waals surface area contributed by atoms with Crippen molar-refractivity contribution in [2.75, 3.05) is 0 Å². The first-order valence-corrected chi connectivity index (χ1v) is 6.87. The summed E-state index contributed by atoms with van der Waals surface area (Å²) in [7, 11) is 0. The van der Waals surface area contributed by atoms with Gasteiger partial charge >= 0.3 is 0 Å². The fourth-order valence-corrected chi connectivity index (χ4v) is 2.46. The number of fused-ring (bicyclic) bond motifs is 1. The average Bonchev–Trinajstić information content (AvgIpc) is 2.84. The minimum absolute atomic E-state index is 0.157. The Balaban J connectivity index is 1.79. The third-order valence-electron chi connectivity index (χ3n) is 3.59. The zero-order valence-corrected chi connectivity index (χ0v) is 11.8. The molecule has 0 amide bonds. The van der Waals surface area contributed by atoms with Crippen molar-refractivity contribution in [3.8, 4) is 0 Å². The lowest BCUT2D eigenvalue weighted by molar-refractivity contribution is 0.446. The number of nitrogens with one attached hydrogen (secondary N) is 1. The van der Waals surface area contributed by atoms with E-state index in [1.165, 1.54) is 10.9 Å². The third kappa shape index (κ3) is 2.45. The highest BCUT2D eigenvalue weighted by Crippen LogP contribution is 2.29. The van der Waals surface area contributed by atoms with Gasteiger partial charge in [0.15, 0.2) is 0 Å². The van der Waals surface area contributed by atoms with Gasteiger partial charge in [-0.1, -0.05) is 24.3 Å². The first-order chi connectivity index (χ1) is 9.75. The molecule has 2 heterocycles. The number of pyridine rings is 1. The van der Waals surface area contributed by atoms with Gasteiger partial charge in [0.1, 0.15) is 11.3 Å². The molecule has 1 unspecified atom stereocenters. The molecule has 1 N–H and O–H groups in total. The Morgan fingerprint density at radius 1 is 1.15 bits per heavy atom. The van der Waals surface area contributed by atoms with E-state index in [9.17, 15) is 0 Å². The smallest absolute Gasteiger partial charge is 0.134 e. The Bertz CT molecular complexity index is 703. The van der Waals surface area contributed by atoms with E-state index in [4.69, 9.17) is 4.42 Å². The van der Waals surface area contributed by atoms with E-state index < -0.39 is 0 Å². The van der Waals surface area contributed by atoms with Gasteiger partial charge in [0.05, 0.1) is 11.7 Å². The minimum Gasteiger partial charge on any atom is -0.459 e. The summed E-state index contributed by atoms with van der Waals surface area (Å²) in [6.07, 6.45) is 1.81. The Labute approximate surface area is 118 Å². The van der Waals surface area contributed by atoms with Crippen LogP contribution in [0.4, 0.5) is 0 Å². The lowest BCUT2D eigenvalue weighted by Gasteiger charge is -2.12. The average molecular weight is 266 g/mol. The standard InChI is InChI=1S/C17H18N2O/c1-12-15-8-3-4-9-16(15)20-17(12)13(2)19-11-14-7-5-6-10-18-14/h3-10,13,19H,11H2,1-2H3. The molecule has 0 spiro atoms. The van der Waals surface area contributed by atoms with Crippen LogP contribution in [-0.4, -0.2) is 4.98 Å². The van der Waals surface area contributed by atoms with Gasteiger partial charge in [-0.25, -0.2) is 0 Å². The summed E-state index contributed by atoms with van der Waals surface area (Å²) in [4.78, 5) is 4.32. The summed E-state index contributed by atoms with van der Waals surface area (Å²) in [5.41, 5.74) is 3.20. The van der Waals surface area contributed by atoms with Crippen molar-refractivity contribution >= 4 is 11.0 Å². The molecule has 0 saturated carbocycles. The van der Waals surface area contributed by atoms with Crippen LogP contribution in [0, 0.1) is 6.92 Å². The number of para-hydroxylation sites is 1. The lowest BCUT2D eigenvalue weighted by Crippen LogP contribution is -2.18. The van der Waals surface area contributed by atoms with E-state index in [0.29, 0.717) is 0 Å². The molecule has 3 nitrogen and oxygen atoms in total. The first-order valence-electron chi connectivity index (χ1n) is 6.87. The van der Waals surface area contributed by atoms with Gasteiger partial charge < -0.3 is 9.73 Å². The summed E-state index contributed by atoms with van der Waals surface area (Å²) < 4.78 is 5.97. The molecule has 3 rings (SSSR count). The van der Waals surface area contributed by atoms with Gasteiger partial charge in [-0.05, 0) is 37.6 Å². The van der Waals surface area contributed by atoms with Crippen LogP contribution in [0.3, 0.4) is 0 Å². The number of furan rings is 1. The molecular formula is C17H18N2O. The quantitative estimate of drug-likeness (QED) is 0.776. The van der Waals surface area contributed by atoms with Gasteiger partial charge in [-0.2, -0.15) is 0 Å². The molecule has 1 aromatic carbocycles. The predicted octanol–water partition coefficient (Wildman–Crippen LogP) is 3.99. The van der Waals surface area contributed by atoms with Crippen LogP contribution in [-0.2, 0) is 6.54 Å². The van der Waals surface area contributed by atoms with Crippen LogP contribution in [0.15, 0.2) is 53.1 Å². The van der Waals surface area contributed by atoms with Crippen LogP contribution in [0.1, 0.15) is 30.0 Å². The Kier molecular flexibility index (Phi) is 3.52.